The molecule has 0 radical (unpaired) electrons. The molecule has 2 rings (SSSR count). The Balaban J connectivity index is 2.01. The number of nitrogens with zero attached hydrogens (tertiary/aromatic N) is 5. The number of nitrogens with one attached hydrogen (secondary N) is 1. The van der Waals surface area contributed by atoms with Gasteiger partial charge in [0.05, 0.1) is 34.3 Å². The van der Waals surface area contributed by atoms with Gasteiger partial charge in [0.2, 0.25) is 0 Å². The third kappa shape index (κ3) is 4.14. The van der Waals surface area contributed by atoms with Crippen LogP contribution in [0.5, 0.6) is 0 Å². The van der Waals surface area contributed by atoms with Gasteiger partial charge in [0, 0.05) is 13.6 Å². The Labute approximate surface area is 134 Å². The van der Waals surface area contributed by atoms with Crippen molar-refractivity contribution in [2.45, 2.75) is 40.3 Å². The highest BCUT2D eigenvalue weighted by Crippen LogP contribution is 2.22. The third-order valence-electron chi connectivity index (χ3n) is 3.26. The van der Waals surface area contributed by atoms with Gasteiger partial charge >= 0.3 is 0 Å². The fraction of sp³-hybridized carbons (Fsp3) is 0.643. The van der Waals surface area contributed by atoms with Crippen molar-refractivity contribution in [1.29, 1.82) is 0 Å². The second-order valence-corrected chi connectivity index (χ2v) is 6.41. The molecule has 6 nitrogen and oxygen atoms in total. The Morgan fingerprint density at radius 2 is 2.14 bits per heavy atom. The van der Waals surface area contributed by atoms with E-state index >= 15 is 0 Å². The van der Waals surface area contributed by atoms with Crippen LogP contribution in [0.4, 0.5) is 0 Å². The summed E-state index contributed by atoms with van der Waals surface area (Å²) in [5, 5.41) is 16.3. The molecule has 0 saturated heterocycles. The van der Waals surface area contributed by atoms with Crippen LogP contribution in [0.2, 0.25) is 0 Å². The first kappa shape index (κ1) is 16.2. The van der Waals surface area contributed by atoms with E-state index < -0.39 is 0 Å². The predicted molar refractivity (Wildman–Crippen MR) is 86.0 cm³/mol. The summed E-state index contributed by atoms with van der Waals surface area (Å²) in [6, 6.07) is 0. The molecule has 0 aliphatic carbocycles. The fourth-order valence-electron chi connectivity index (χ4n) is 2.13. The standard InChI is InChI=1S/C14H23BrN6/c1-5-12-14(15)13(20(4)18-12)9-21-8-11(17-19-21)7-16-6-10(2)3/h8,10,16H,5-7,9H2,1-4H3. The van der Waals surface area contributed by atoms with Crippen molar-refractivity contribution >= 4 is 15.9 Å². The van der Waals surface area contributed by atoms with Gasteiger partial charge in [-0.2, -0.15) is 5.10 Å². The summed E-state index contributed by atoms with van der Waals surface area (Å²) in [4.78, 5) is 0. The number of hydrogen-bond acceptors (Lipinski definition) is 4. The van der Waals surface area contributed by atoms with Crippen molar-refractivity contribution in [1.82, 2.24) is 30.1 Å². The van der Waals surface area contributed by atoms with E-state index in [2.05, 4.69) is 57.4 Å². The minimum absolute atomic E-state index is 0.637. The molecule has 0 fully saturated rings. The van der Waals surface area contributed by atoms with Crippen molar-refractivity contribution in [2.24, 2.45) is 13.0 Å². The van der Waals surface area contributed by atoms with Gasteiger partial charge in [-0.05, 0) is 34.8 Å². The summed E-state index contributed by atoms with van der Waals surface area (Å²) < 4.78 is 4.83. The average molecular weight is 355 g/mol. The normalized spacial score (nSPS) is 11.5. The summed E-state index contributed by atoms with van der Waals surface area (Å²) in [6.07, 6.45) is 2.90. The zero-order valence-corrected chi connectivity index (χ0v) is 14.7. The van der Waals surface area contributed by atoms with Crippen LogP contribution in [-0.2, 0) is 26.6 Å². The van der Waals surface area contributed by atoms with Crippen LogP contribution in [0.3, 0.4) is 0 Å². The van der Waals surface area contributed by atoms with E-state index in [0.29, 0.717) is 12.5 Å². The first-order valence-corrected chi connectivity index (χ1v) is 8.10. The van der Waals surface area contributed by atoms with Crippen molar-refractivity contribution < 1.29 is 0 Å². The highest BCUT2D eigenvalue weighted by molar-refractivity contribution is 9.10. The van der Waals surface area contributed by atoms with Crippen LogP contribution < -0.4 is 5.32 Å². The Bertz CT molecular complexity index is 586. The lowest BCUT2D eigenvalue weighted by molar-refractivity contribution is 0.548. The second-order valence-electron chi connectivity index (χ2n) is 5.62. The zero-order valence-electron chi connectivity index (χ0n) is 13.1. The summed E-state index contributed by atoms with van der Waals surface area (Å²) in [7, 11) is 1.96. The van der Waals surface area contributed by atoms with Crippen molar-refractivity contribution in [3.05, 3.63) is 27.8 Å². The summed E-state index contributed by atoms with van der Waals surface area (Å²) in [5.74, 6) is 0.637. The Morgan fingerprint density at radius 1 is 1.38 bits per heavy atom. The van der Waals surface area contributed by atoms with E-state index in [9.17, 15) is 0 Å². The molecule has 0 amide bonds. The average Bonchev–Trinajstić information content (AvgIpc) is 2.98. The number of aromatic nitrogens is 5. The van der Waals surface area contributed by atoms with Crippen LogP contribution >= 0.6 is 15.9 Å². The van der Waals surface area contributed by atoms with Crippen molar-refractivity contribution in [3.63, 3.8) is 0 Å². The molecule has 7 heteroatoms. The van der Waals surface area contributed by atoms with E-state index in [0.717, 1.165) is 41.1 Å². The van der Waals surface area contributed by atoms with Crippen LogP contribution in [0.1, 0.15) is 37.9 Å². The molecule has 0 bridgehead atoms. The molecule has 0 aromatic carbocycles. The highest BCUT2D eigenvalue weighted by atomic mass is 79.9. The van der Waals surface area contributed by atoms with Gasteiger partial charge in [-0.1, -0.05) is 26.0 Å². The molecule has 0 aliphatic heterocycles. The molecular formula is C14H23BrN6. The molecule has 2 heterocycles. The molecule has 0 saturated carbocycles. The van der Waals surface area contributed by atoms with E-state index in [1.165, 1.54) is 0 Å². The molecule has 21 heavy (non-hydrogen) atoms. The van der Waals surface area contributed by atoms with Gasteiger partial charge in [-0.25, -0.2) is 4.68 Å². The molecule has 0 unspecified atom stereocenters. The number of rotatable bonds is 7. The van der Waals surface area contributed by atoms with Crippen molar-refractivity contribution in [3.8, 4) is 0 Å². The molecule has 116 valence electrons. The summed E-state index contributed by atoms with van der Waals surface area (Å²) in [6.45, 7) is 8.89. The van der Waals surface area contributed by atoms with Crippen LogP contribution in [-0.4, -0.2) is 31.3 Å². The fourth-order valence-corrected chi connectivity index (χ4v) is 2.87. The van der Waals surface area contributed by atoms with Crippen LogP contribution in [0, 0.1) is 5.92 Å². The quantitative estimate of drug-likeness (QED) is 0.827. The highest BCUT2D eigenvalue weighted by Gasteiger charge is 2.13. The predicted octanol–water partition coefficient (Wildman–Crippen LogP) is 2.13. The van der Waals surface area contributed by atoms with Gasteiger partial charge in [-0.3, -0.25) is 4.68 Å². The lowest BCUT2D eigenvalue weighted by Gasteiger charge is -2.04. The van der Waals surface area contributed by atoms with Crippen LogP contribution in [0.15, 0.2) is 10.7 Å². The molecule has 0 atom stereocenters. The number of aryl methyl sites for hydroxylation is 2. The minimum atomic E-state index is 0.637. The summed E-state index contributed by atoms with van der Waals surface area (Å²) >= 11 is 3.63. The first-order valence-electron chi connectivity index (χ1n) is 7.31. The van der Waals surface area contributed by atoms with Gasteiger partial charge in [0.25, 0.3) is 0 Å². The SMILES string of the molecule is CCc1nn(C)c(Cn2cc(CNCC(C)C)nn2)c1Br. The number of hydrogen-bond donors (Lipinski definition) is 1. The monoisotopic (exact) mass is 354 g/mol. The lowest BCUT2D eigenvalue weighted by Crippen LogP contribution is -2.19. The van der Waals surface area contributed by atoms with E-state index in [4.69, 9.17) is 0 Å². The molecule has 1 N–H and O–H groups in total. The van der Waals surface area contributed by atoms with E-state index in [1.54, 1.807) is 0 Å². The lowest BCUT2D eigenvalue weighted by atomic mass is 10.2. The maximum atomic E-state index is 4.50. The molecule has 2 aromatic rings. The molecular weight excluding hydrogens is 332 g/mol. The molecule has 0 spiro atoms. The van der Waals surface area contributed by atoms with Gasteiger partial charge in [0.15, 0.2) is 0 Å². The minimum Gasteiger partial charge on any atom is -0.311 e. The molecule has 0 aliphatic rings. The first-order chi connectivity index (χ1) is 10.0. The second kappa shape index (κ2) is 7.17. The molecule has 2 aromatic heterocycles. The van der Waals surface area contributed by atoms with Gasteiger partial charge in [-0.15, -0.1) is 5.10 Å². The van der Waals surface area contributed by atoms with Crippen molar-refractivity contribution in [2.75, 3.05) is 6.54 Å². The zero-order chi connectivity index (χ0) is 15.4. The number of halogens is 1. The topological polar surface area (TPSA) is 60.6 Å². The smallest absolute Gasteiger partial charge is 0.0964 e. The Hall–Kier alpha value is -1.21. The van der Waals surface area contributed by atoms with Crippen LogP contribution in [0.25, 0.3) is 0 Å². The maximum Gasteiger partial charge on any atom is 0.0964 e. The Kier molecular flexibility index (Phi) is 5.52. The Morgan fingerprint density at radius 3 is 2.76 bits per heavy atom. The third-order valence-corrected chi connectivity index (χ3v) is 4.17. The largest absolute Gasteiger partial charge is 0.311 e. The van der Waals surface area contributed by atoms with E-state index in [1.807, 2.05) is 22.6 Å². The summed E-state index contributed by atoms with van der Waals surface area (Å²) in [5.41, 5.74) is 3.15. The van der Waals surface area contributed by atoms with Gasteiger partial charge < -0.3 is 5.32 Å². The maximum absolute atomic E-state index is 4.50. The van der Waals surface area contributed by atoms with Gasteiger partial charge in [0.1, 0.15) is 0 Å². The van der Waals surface area contributed by atoms with E-state index in [-0.39, 0.29) is 0 Å².